The number of anilines is 1. The van der Waals surface area contributed by atoms with Crippen LogP contribution in [0.4, 0.5) is 10.2 Å². The molecule has 1 heterocycles. The van der Waals surface area contributed by atoms with Gasteiger partial charge in [0.25, 0.3) is 5.91 Å². The number of nitrogens with one attached hydrogen (secondary N) is 1. The highest BCUT2D eigenvalue weighted by atomic mass is 35.5. The first kappa shape index (κ1) is 18.3. The summed E-state index contributed by atoms with van der Waals surface area (Å²) < 4.78 is 19.5. The van der Waals surface area contributed by atoms with Gasteiger partial charge in [-0.25, -0.2) is 9.37 Å². The number of esters is 1. The second-order valence-corrected chi connectivity index (χ2v) is 6.69. The molecule has 1 aliphatic carbocycles. The Morgan fingerprint density at radius 1 is 1.19 bits per heavy atom. The molecule has 1 aromatic carbocycles. The van der Waals surface area contributed by atoms with Gasteiger partial charge >= 0.3 is 5.97 Å². The van der Waals surface area contributed by atoms with Crippen LogP contribution in [-0.2, 0) is 19.7 Å². The quantitative estimate of drug-likeness (QED) is 0.804. The lowest BCUT2D eigenvalue weighted by atomic mass is 9.78. The van der Waals surface area contributed by atoms with Crippen LogP contribution in [0.1, 0.15) is 31.2 Å². The monoisotopic (exact) mass is 376 g/mol. The van der Waals surface area contributed by atoms with Crippen LogP contribution in [0.25, 0.3) is 0 Å². The van der Waals surface area contributed by atoms with E-state index in [2.05, 4.69) is 10.3 Å². The predicted octanol–water partition coefficient (Wildman–Crippen LogP) is 3.87. The number of pyridine rings is 1. The van der Waals surface area contributed by atoms with Crippen molar-refractivity contribution in [1.82, 2.24) is 4.98 Å². The molecule has 1 N–H and O–H groups in total. The standard InChI is InChI=1S/C19H18ClFN2O3/c20-13-7-8-16(22-11-13)23-17(24)12-26-18(25)19(9-3-4-10-19)14-5-1-2-6-15(14)21/h1-2,5-8,11H,3-4,9-10,12H2,(H,22,23,24). The van der Waals surface area contributed by atoms with Crippen molar-refractivity contribution < 1.29 is 18.7 Å². The van der Waals surface area contributed by atoms with E-state index in [9.17, 15) is 14.0 Å². The Morgan fingerprint density at radius 2 is 1.92 bits per heavy atom. The SMILES string of the molecule is O=C(COC(=O)C1(c2ccccc2F)CCCC1)Nc1ccc(Cl)cn1. The summed E-state index contributed by atoms with van der Waals surface area (Å²) in [6.45, 7) is -0.459. The zero-order valence-electron chi connectivity index (χ0n) is 14.0. The van der Waals surface area contributed by atoms with E-state index >= 15 is 0 Å². The third kappa shape index (κ3) is 3.85. The smallest absolute Gasteiger partial charge is 0.317 e. The van der Waals surface area contributed by atoms with Crippen molar-refractivity contribution in [1.29, 1.82) is 0 Å². The van der Waals surface area contributed by atoms with Gasteiger partial charge in [-0.3, -0.25) is 9.59 Å². The maximum Gasteiger partial charge on any atom is 0.317 e. The zero-order chi connectivity index (χ0) is 18.6. The van der Waals surface area contributed by atoms with E-state index in [1.54, 1.807) is 30.3 Å². The Balaban J connectivity index is 1.66. The molecule has 5 nitrogen and oxygen atoms in total. The fourth-order valence-corrected chi connectivity index (χ4v) is 3.42. The Labute approximate surface area is 155 Å². The maximum atomic E-state index is 14.3. The molecule has 1 amide bonds. The predicted molar refractivity (Wildman–Crippen MR) is 95.4 cm³/mol. The Bertz CT molecular complexity index is 805. The van der Waals surface area contributed by atoms with Crippen LogP contribution in [0.2, 0.25) is 5.02 Å². The number of amides is 1. The molecule has 1 fully saturated rings. The average Bonchev–Trinajstić information content (AvgIpc) is 3.13. The third-order valence-corrected chi connectivity index (χ3v) is 4.79. The second-order valence-electron chi connectivity index (χ2n) is 6.26. The minimum atomic E-state index is -1.02. The van der Waals surface area contributed by atoms with Gasteiger partial charge in [0.1, 0.15) is 11.6 Å². The van der Waals surface area contributed by atoms with Gasteiger partial charge in [-0.2, -0.15) is 0 Å². The first-order valence-electron chi connectivity index (χ1n) is 8.35. The van der Waals surface area contributed by atoms with Crippen LogP contribution in [0.3, 0.4) is 0 Å². The van der Waals surface area contributed by atoms with Gasteiger partial charge < -0.3 is 10.1 Å². The lowest BCUT2D eigenvalue weighted by Crippen LogP contribution is -2.37. The van der Waals surface area contributed by atoms with Gasteiger partial charge in [-0.1, -0.05) is 42.6 Å². The number of hydrogen-bond donors (Lipinski definition) is 1. The molecule has 0 spiro atoms. The molecule has 0 aliphatic heterocycles. The molecule has 7 heteroatoms. The van der Waals surface area contributed by atoms with Gasteiger partial charge in [0.05, 0.1) is 10.4 Å². The van der Waals surface area contributed by atoms with Gasteiger partial charge in [0, 0.05) is 11.8 Å². The highest BCUT2D eigenvalue weighted by Crippen LogP contribution is 2.43. The van der Waals surface area contributed by atoms with E-state index in [-0.39, 0.29) is 0 Å². The Hall–Kier alpha value is -2.47. The lowest BCUT2D eigenvalue weighted by Gasteiger charge is -2.27. The van der Waals surface area contributed by atoms with E-state index < -0.39 is 29.7 Å². The van der Waals surface area contributed by atoms with E-state index in [1.165, 1.54) is 12.3 Å². The first-order chi connectivity index (χ1) is 12.5. The van der Waals surface area contributed by atoms with E-state index in [1.807, 2.05) is 0 Å². The molecular weight excluding hydrogens is 359 g/mol. The molecule has 0 saturated heterocycles. The van der Waals surface area contributed by atoms with E-state index in [0.29, 0.717) is 29.2 Å². The van der Waals surface area contributed by atoms with Crippen LogP contribution >= 0.6 is 11.6 Å². The lowest BCUT2D eigenvalue weighted by molar-refractivity contribution is -0.153. The summed E-state index contributed by atoms with van der Waals surface area (Å²) in [4.78, 5) is 28.7. The van der Waals surface area contributed by atoms with Crippen molar-refractivity contribution in [2.75, 3.05) is 11.9 Å². The van der Waals surface area contributed by atoms with Gasteiger partial charge in [-0.15, -0.1) is 0 Å². The number of ether oxygens (including phenoxy) is 1. The summed E-state index contributed by atoms with van der Waals surface area (Å²) in [6, 6.07) is 9.35. The molecule has 2 aromatic rings. The van der Waals surface area contributed by atoms with Gasteiger partial charge in [0.2, 0.25) is 0 Å². The van der Waals surface area contributed by atoms with E-state index in [0.717, 1.165) is 12.8 Å². The molecule has 3 rings (SSSR count). The highest BCUT2D eigenvalue weighted by Gasteiger charge is 2.45. The molecule has 0 bridgehead atoms. The molecule has 1 aliphatic rings. The van der Waals surface area contributed by atoms with Crippen LogP contribution in [0.15, 0.2) is 42.6 Å². The Kier molecular flexibility index (Phi) is 5.52. The van der Waals surface area contributed by atoms with Gasteiger partial charge in [-0.05, 0) is 31.0 Å². The van der Waals surface area contributed by atoms with Crippen LogP contribution in [0.5, 0.6) is 0 Å². The Morgan fingerprint density at radius 3 is 2.58 bits per heavy atom. The molecule has 0 radical (unpaired) electrons. The van der Waals surface area contributed by atoms with Crippen molar-refractivity contribution >= 4 is 29.3 Å². The number of carbonyl (C=O) groups is 2. The summed E-state index contributed by atoms with van der Waals surface area (Å²) in [5.41, 5.74) is -0.688. The number of rotatable bonds is 5. The summed E-state index contributed by atoms with van der Waals surface area (Å²) in [5, 5.41) is 2.97. The minimum Gasteiger partial charge on any atom is -0.455 e. The summed E-state index contributed by atoms with van der Waals surface area (Å²) in [5.74, 6) is -1.21. The van der Waals surface area contributed by atoms with Crippen LogP contribution in [0, 0.1) is 5.82 Å². The molecule has 1 saturated carbocycles. The number of hydrogen-bond acceptors (Lipinski definition) is 4. The molecule has 26 heavy (non-hydrogen) atoms. The van der Waals surface area contributed by atoms with Crippen molar-refractivity contribution in [3.8, 4) is 0 Å². The summed E-state index contributed by atoms with van der Waals surface area (Å²) >= 11 is 5.73. The zero-order valence-corrected chi connectivity index (χ0v) is 14.8. The summed E-state index contributed by atoms with van der Waals surface area (Å²) in [7, 11) is 0. The third-order valence-electron chi connectivity index (χ3n) is 4.57. The van der Waals surface area contributed by atoms with Crippen molar-refractivity contribution in [3.05, 3.63) is 59.0 Å². The van der Waals surface area contributed by atoms with Crippen molar-refractivity contribution in [2.24, 2.45) is 0 Å². The fraction of sp³-hybridized carbons (Fsp3) is 0.316. The van der Waals surface area contributed by atoms with Crippen LogP contribution in [-0.4, -0.2) is 23.5 Å². The molecular formula is C19H18ClFN2O3. The second kappa shape index (κ2) is 7.83. The molecule has 0 unspecified atom stereocenters. The number of halogens is 2. The highest BCUT2D eigenvalue weighted by molar-refractivity contribution is 6.30. The summed E-state index contributed by atoms with van der Waals surface area (Å²) in [6.07, 6.45) is 4.03. The fourth-order valence-electron chi connectivity index (χ4n) is 3.31. The number of benzene rings is 1. The van der Waals surface area contributed by atoms with Gasteiger partial charge in [0.15, 0.2) is 6.61 Å². The number of carbonyl (C=O) groups excluding carboxylic acids is 2. The number of aromatic nitrogens is 1. The normalized spacial score (nSPS) is 15.5. The van der Waals surface area contributed by atoms with Crippen LogP contribution < -0.4 is 5.32 Å². The minimum absolute atomic E-state index is 0.306. The first-order valence-corrected chi connectivity index (χ1v) is 8.73. The number of nitrogens with zero attached hydrogens (tertiary/aromatic N) is 1. The van der Waals surface area contributed by atoms with Crippen molar-refractivity contribution in [2.45, 2.75) is 31.1 Å². The topological polar surface area (TPSA) is 68.3 Å². The molecule has 0 atom stereocenters. The molecule has 136 valence electrons. The molecule has 1 aromatic heterocycles. The van der Waals surface area contributed by atoms with Crippen molar-refractivity contribution in [3.63, 3.8) is 0 Å². The average molecular weight is 377 g/mol. The largest absolute Gasteiger partial charge is 0.455 e. The van der Waals surface area contributed by atoms with E-state index in [4.69, 9.17) is 16.3 Å². The maximum absolute atomic E-state index is 14.3.